The molecule has 0 aliphatic carbocycles. The molecule has 0 radical (unpaired) electrons. The van der Waals surface area contributed by atoms with Crippen LogP contribution in [0.1, 0.15) is 40.2 Å². The predicted octanol–water partition coefficient (Wildman–Crippen LogP) is 4.59. The van der Waals surface area contributed by atoms with Crippen molar-refractivity contribution >= 4 is 34.3 Å². The number of benzene rings is 1. The minimum atomic E-state index is -0.421. The van der Waals surface area contributed by atoms with E-state index in [9.17, 15) is 9.59 Å². The molecule has 138 valence electrons. The van der Waals surface area contributed by atoms with E-state index in [1.807, 2.05) is 45.0 Å². The molecule has 0 saturated carbocycles. The number of carbonyl (C=O) groups is 2. The summed E-state index contributed by atoms with van der Waals surface area (Å²) in [5.74, 6) is -0.0208. The summed E-state index contributed by atoms with van der Waals surface area (Å²) in [5, 5.41) is 3.29. The van der Waals surface area contributed by atoms with Gasteiger partial charge in [0.15, 0.2) is 0 Å². The molecule has 0 unspecified atom stereocenters. The Hall–Kier alpha value is -2.60. The average molecular weight is 373 g/mol. The number of esters is 1. The van der Waals surface area contributed by atoms with Crippen LogP contribution < -0.4 is 10.1 Å². The topological polar surface area (TPSA) is 64.6 Å². The van der Waals surface area contributed by atoms with E-state index in [0.717, 1.165) is 16.0 Å². The number of carbonyl (C=O) groups excluding carboxylic acids is 2. The normalized spacial score (nSPS) is 10.8. The lowest BCUT2D eigenvalue weighted by atomic mass is 10.1. The second kappa shape index (κ2) is 9.20. The third kappa shape index (κ3) is 4.73. The van der Waals surface area contributed by atoms with Crippen molar-refractivity contribution in [2.24, 2.45) is 0 Å². The van der Waals surface area contributed by atoms with Crippen LogP contribution in [0.4, 0.5) is 5.00 Å². The SMILES string of the molecule is CCOC(=O)c1c(NC(=O)/C=C/c2ccccc2OCC)sc(C)c1C. The molecule has 0 aliphatic heterocycles. The van der Waals surface area contributed by atoms with E-state index < -0.39 is 5.97 Å². The van der Waals surface area contributed by atoms with Crippen molar-refractivity contribution < 1.29 is 19.1 Å². The number of ether oxygens (including phenoxy) is 2. The third-order valence-corrected chi connectivity index (χ3v) is 4.86. The van der Waals surface area contributed by atoms with Gasteiger partial charge in [-0.1, -0.05) is 18.2 Å². The first kappa shape index (κ1) is 19.7. The molecule has 1 N–H and O–H groups in total. The van der Waals surface area contributed by atoms with E-state index >= 15 is 0 Å². The number of rotatable bonds is 7. The molecule has 0 aliphatic rings. The van der Waals surface area contributed by atoms with Gasteiger partial charge < -0.3 is 14.8 Å². The first-order chi connectivity index (χ1) is 12.5. The second-order valence-corrected chi connectivity index (χ2v) is 6.73. The van der Waals surface area contributed by atoms with Gasteiger partial charge in [-0.2, -0.15) is 0 Å². The molecule has 0 bridgehead atoms. The lowest BCUT2D eigenvalue weighted by Crippen LogP contribution is -2.12. The number of amides is 1. The predicted molar refractivity (Wildman–Crippen MR) is 105 cm³/mol. The molecule has 1 aromatic heterocycles. The zero-order valence-electron chi connectivity index (χ0n) is 15.4. The zero-order chi connectivity index (χ0) is 19.1. The van der Waals surface area contributed by atoms with Gasteiger partial charge >= 0.3 is 5.97 Å². The summed E-state index contributed by atoms with van der Waals surface area (Å²) in [7, 11) is 0. The highest BCUT2D eigenvalue weighted by molar-refractivity contribution is 7.16. The minimum absolute atomic E-state index is 0.286. The molecule has 0 spiro atoms. The summed E-state index contributed by atoms with van der Waals surface area (Å²) >= 11 is 1.37. The summed E-state index contributed by atoms with van der Waals surface area (Å²) in [5.41, 5.74) is 2.06. The molecular weight excluding hydrogens is 350 g/mol. The van der Waals surface area contributed by atoms with Crippen LogP contribution in [0, 0.1) is 13.8 Å². The maximum Gasteiger partial charge on any atom is 0.341 e. The maximum atomic E-state index is 12.3. The van der Waals surface area contributed by atoms with Gasteiger partial charge in [0.05, 0.1) is 18.8 Å². The van der Waals surface area contributed by atoms with Crippen LogP contribution >= 0.6 is 11.3 Å². The standard InChI is InChI=1S/C20H23NO4S/c1-5-24-16-10-8-7-9-15(16)11-12-17(22)21-19-18(20(23)25-6-2)13(3)14(4)26-19/h7-12H,5-6H2,1-4H3,(H,21,22)/b12-11+. The lowest BCUT2D eigenvalue weighted by molar-refractivity contribution is -0.111. The highest BCUT2D eigenvalue weighted by Gasteiger charge is 2.21. The van der Waals surface area contributed by atoms with E-state index in [0.29, 0.717) is 22.9 Å². The Labute approximate surface area is 157 Å². The number of hydrogen-bond acceptors (Lipinski definition) is 5. The van der Waals surface area contributed by atoms with E-state index in [1.165, 1.54) is 17.4 Å². The van der Waals surface area contributed by atoms with Crippen molar-refractivity contribution in [1.82, 2.24) is 0 Å². The molecule has 0 fully saturated rings. The van der Waals surface area contributed by atoms with Crippen LogP contribution in [-0.4, -0.2) is 25.1 Å². The number of para-hydroxylation sites is 1. The second-order valence-electron chi connectivity index (χ2n) is 5.50. The smallest absolute Gasteiger partial charge is 0.341 e. The number of hydrogen-bond donors (Lipinski definition) is 1. The Morgan fingerprint density at radius 2 is 1.88 bits per heavy atom. The number of thiophene rings is 1. The van der Waals surface area contributed by atoms with Crippen molar-refractivity contribution in [1.29, 1.82) is 0 Å². The molecule has 5 nitrogen and oxygen atoms in total. The summed E-state index contributed by atoms with van der Waals surface area (Å²) in [6.07, 6.45) is 3.12. The summed E-state index contributed by atoms with van der Waals surface area (Å²) in [6, 6.07) is 7.49. The molecule has 1 aromatic carbocycles. The largest absolute Gasteiger partial charge is 0.493 e. The van der Waals surface area contributed by atoms with Crippen LogP contribution in [0.3, 0.4) is 0 Å². The van der Waals surface area contributed by atoms with E-state index in [-0.39, 0.29) is 12.5 Å². The Balaban J connectivity index is 2.18. The zero-order valence-corrected chi connectivity index (χ0v) is 16.2. The van der Waals surface area contributed by atoms with Gasteiger partial charge in [-0.15, -0.1) is 11.3 Å². The van der Waals surface area contributed by atoms with Gasteiger partial charge in [0.2, 0.25) is 5.91 Å². The highest BCUT2D eigenvalue weighted by atomic mass is 32.1. The van der Waals surface area contributed by atoms with Crippen molar-refractivity contribution in [3.8, 4) is 5.75 Å². The third-order valence-electron chi connectivity index (χ3n) is 3.73. The van der Waals surface area contributed by atoms with Gasteiger partial charge in [0.1, 0.15) is 10.8 Å². The molecule has 1 heterocycles. The van der Waals surface area contributed by atoms with Crippen LogP contribution in [0.15, 0.2) is 30.3 Å². The molecule has 0 saturated heterocycles. The Morgan fingerprint density at radius 1 is 1.15 bits per heavy atom. The fourth-order valence-electron chi connectivity index (χ4n) is 2.39. The van der Waals surface area contributed by atoms with Crippen LogP contribution in [0.25, 0.3) is 6.08 Å². The van der Waals surface area contributed by atoms with Crippen LogP contribution in [0.2, 0.25) is 0 Å². The molecule has 2 rings (SSSR count). The monoisotopic (exact) mass is 373 g/mol. The van der Waals surface area contributed by atoms with Crippen molar-refractivity contribution in [2.45, 2.75) is 27.7 Å². The Bertz CT molecular complexity index is 823. The number of anilines is 1. The highest BCUT2D eigenvalue weighted by Crippen LogP contribution is 2.33. The number of nitrogens with one attached hydrogen (secondary N) is 1. The molecule has 0 atom stereocenters. The molecule has 1 amide bonds. The van der Waals surface area contributed by atoms with Crippen molar-refractivity contribution in [3.63, 3.8) is 0 Å². The summed E-state index contributed by atoms with van der Waals surface area (Å²) in [6.45, 7) is 8.26. The van der Waals surface area contributed by atoms with Crippen LogP contribution in [-0.2, 0) is 9.53 Å². The number of aryl methyl sites for hydroxylation is 1. The van der Waals surface area contributed by atoms with Gasteiger partial charge in [0.25, 0.3) is 0 Å². The van der Waals surface area contributed by atoms with E-state index in [4.69, 9.17) is 9.47 Å². The van der Waals surface area contributed by atoms with Gasteiger partial charge in [-0.3, -0.25) is 4.79 Å². The fourth-order valence-corrected chi connectivity index (χ4v) is 3.44. The molecule has 2 aromatic rings. The van der Waals surface area contributed by atoms with Gasteiger partial charge in [-0.25, -0.2) is 4.79 Å². The van der Waals surface area contributed by atoms with Crippen molar-refractivity contribution in [3.05, 3.63) is 51.9 Å². The van der Waals surface area contributed by atoms with Crippen LogP contribution in [0.5, 0.6) is 5.75 Å². The first-order valence-electron chi connectivity index (χ1n) is 8.45. The Morgan fingerprint density at radius 3 is 2.58 bits per heavy atom. The van der Waals surface area contributed by atoms with Gasteiger partial charge in [0, 0.05) is 16.5 Å². The average Bonchev–Trinajstić information content (AvgIpc) is 2.88. The molecular formula is C20H23NO4S. The fraction of sp³-hybridized carbons (Fsp3) is 0.300. The lowest BCUT2D eigenvalue weighted by Gasteiger charge is -2.07. The quantitative estimate of drug-likeness (QED) is 0.569. The summed E-state index contributed by atoms with van der Waals surface area (Å²) in [4.78, 5) is 25.5. The molecule has 26 heavy (non-hydrogen) atoms. The van der Waals surface area contributed by atoms with E-state index in [1.54, 1.807) is 13.0 Å². The summed E-state index contributed by atoms with van der Waals surface area (Å²) < 4.78 is 10.6. The Kier molecular flexibility index (Phi) is 6.97. The van der Waals surface area contributed by atoms with Crippen molar-refractivity contribution in [2.75, 3.05) is 18.5 Å². The minimum Gasteiger partial charge on any atom is -0.493 e. The van der Waals surface area contributed by atoms with Gasteiger partial charge in [-0.05, 0) is 45.4 Å². The first-order valence-corrected chi connectivity index (χ1v) is 9.27. The maximum absolute atomic E-state index is 12.3. The van der Waals surface area contributed by atoms with E-state index in [2.05, 4.69) is 5.32 Å². The molecule has 6 heteroatoms.